The van der Waals surface area contributed by atoms with Gasteiger partial charge in [-0.25, -0.2) is 0 Å². The van der Waals surface area contributed by atoms with E-state index in [9.17, 15) is 5.11 Å². The van der Waals surface area contributed by atoms with Gasteiger partial charge < -0.3 is 10.4 Å². The second-order valence-electron chi connectivity index (χ2n) is 5.20. The second-order valence-corrected chi connectivity index (χ2v) is 5.20. The number of aliphatic hydroxyl groups is 1. The van der Waals surface area contributed by atoms with E-state index in [0.717, 1.165) is 24.9 Å². The van der Waals surface area contributed by atoms with E-state index in [1.807, 2.05) is 0 Å². The summed E-state index contributed by atoms with van der Waals surface area (Å²) in [7, 11) is 0. The molecule has 0 spiro atoms. The molecule has 17 heavy (non-hydrogen) atoms. The van der Waals surface area contributed by atoms with Crippen LogP contribution in [-0.2, 0) is 6.42 Å². The van der Waals surface area contributed by atoms with Gasteiger partial charge in [-0.1, -0.05) is 44.9 Å². The van der Waals surface area contributed by atoms with Crippen molar-refractivity contribution in [3.05, 3.63) is 29.3 Å². The summed E-state index contributed by atoms with van der Waals surface area (Å²) >= 11 is 0. The van der Waals surface area contributed by atoms with Crippen LogP contribution in [0.4, 0.5) is 5.69 Å². The maximum atomic E-state index is 10.3. The third-order valence-electron chi connectivity index (χ3n) is 3.65. The van der Waals surface area contributed by atoms with E-state index in [1.54, 1.807) is 0 Å². The zero-order valence-electron chi connectivity index (χ0n) is 10.9. The molecule has 0 bridgehead atoms. The molecule has 94 valence electrons. The second kappa shape index (κ2) is 5.54. The first-order valence-corrected chi connectivity index (χ1v) is 6.76. The lowest BCUT2D eigenvalue weighted by molar-refractivity contribution is 0.146. The Hall–Kier alpha value is -1.02. The van der Waals surface area contributed by atoms with Crippen molar-refractivity contribution < 1.29 is 5.11 Å². The molecule has 1 aromatic rings. The molecular weight excluding hydrogens is 210 g/mol. The molecule has 0 fully saturated rings. The van der Waals surface area contributed by atoms with Crippen LogP contribution in [0, 0.1) is 5.92 Å². The number of para-hydroxylation sites is 1. The van der Waals surface area contributed by atoms with Crippen molar-refractivity contribution in [3.63, 3.8) is 0 Å². The number of anilines is 1. The normalized spacial score (nSPS) is 17.4. The third kappa shape index (κ3) is 2.81. The molecule has 0 radical (unpaired) electrons. The number of nitrogens with one attached hydrogen (secondary N) is 1. The highest BCUT2D eigenvalue weighted by molar-refractivity contribution is 5.61. The van der Waals surface area contributed by atoms with E-state index >= 15 is 0 Å². The number of rotatable bonds is 5. The Morgan fingerprint density at radius 3 is 3.00 bits per heavy atom. The van der Waals surface area contributed by atoms with Crippen molar-refractivity contribution in [1.29, 1.82) is 0 Å². The Kier molecular flexibility index (Phi) is 4.06. The topological polar surface area (TPSA) is 32.3 Å². The molecule has 2 nitrogen and oxygen atoms in total. The fraction of sp³-hybridized carbons (Fsp3) is 0.600. The Balaban J connectivity index is 2.09. The largest absolute Gasteiger partial charge is 0.388 e. The third-order valence-corrected chi connectivity index (χ3v) is 3.65. The Morgan fingerprint density at radius 2 is 2.24 bits per heavy atom. The van der Waals surface area contributed by atoms with Gasteiger partial charge in [-0.3, -0.25) is 0 Å². The van der Waals surface area contributed by atoms with Gasteiger partial charge in [0, 0.05) is 17.8 Å². The zero-order chi connectivity index (χ0) is 12.3. The Bertz CT molecular complexity index is 375. The fourth-order valence-corrected chi connectivity index (χ4v) is 2.76. The van der Waals surface area contributed by atoms with Crippen LogP contribution in [0.2, 0.25) is 0 Å². The number of benzene rings is 1. The average Bonchev–Trinajstić information content (AvgIpc) is 2.76. The monoisotopic (exact) mass is 233 g/mol. The lowest BCUT2D eigenvalue weighted by atomic mass is 9.93. The minimum atomic E-state index is -0.322. The summed E-state index contributed by atoms with van der Waals surface area (Å²) in [5, 5.41) is 13.7. The molecular formula is C15H23NO. The number of fused-ring (bicyclic) bond motifs is 1. The quantitative estimate of drug-likeness (QED) is 0.815. The van der Waals surface area contributed by atoms with E-state index in [0.29, 0.717) is 5.92 Å². The predicted octanol–water partition coefficient (Wildman–Crippen LogP) is 3.51. The predicted molar refractivity (Wildman–Crippen MR) is 72.3 cm³/mol. The molecule has 1 aromatic carbocycles. The summed E-state index contributed by atoms with van der Waals surface area (Å²) in [6.45, 7) is 5.43. The van der Waals surface area contributed by atoms with Gasteiger partial charge in [0.25, 0.3) is 0 Å². The molecule has 2 unspecified atom stereocenters. The number of hydrogen-bond donors (Lipinski definition) is 2. The van der Waals surface area contributed by atoms with Crippen LogP contribution in [0.1, 0.15) is 50.3 Å². The van der Waals surface area contributed by atoms with Crippen molar-refractivity contribution in [2.75, 3.05) is 11.9 Å². The van der Waals surface area contributed by atoms with E-state index in [4.69, 9.17) is 0 Å². The van der Waals surface area contributed by atoms with Crippen LogP contribution >= 0.6 is 0 Å². The van der Waals surface area contributed by atoms with E-state index in [-0.39, 0.29) is 6.10 Å². The van der Waals surface area contributed by atoms with Crippen molar-refractivity contribution in [2.24, 2.45) is 5.92 Å². The average molecular weight is 233 g/mol. The zero-order valence-corrected chi connectivity index (χ0v) is 10.9. The van der Waals surface area contributed by atoms with Crippen LogP contribution in [0.25, 0.3) is 0 Å². The van der Waals surface area contributed by atoms with Crippen LogP contribution < -0.4 is 5.32 Å². The SMILES string of the molecule is CCCC(C)CC(O)c1cccc2c1NCC2. The maximum absolute atomic E-state index is 10.3. The van der Waals surface area contributed by atoms with Crippen LogP contribution in [0.3, 0.4) is 0 Å². The van der Waals surface area contributed by atoms with Gasteiger partial charge in [-0.05, 0) is 24.3 Å². The molecule has 0 aliphatic carbocycles. The fourth-order valence-electron chi connectivity index (χ4n) is 2.76. The molecule has 0 saturated carbocycles. The van der Waals surface area contributed by atoms with E-state index < -0.39 is 0 Å². The number of aliphatic hydroxyl groups excluding tert-OH is 1. The van der Waals surface area contributed by atoms with E-state index in [1.165, 1.54) is 24.1 Å². The first kappa shape index (κ1) is 12.4. The Labute approximate surface area is 104 Å². The lowest BCUT2D eigenvalue weighted by Crippen LogP contribution is -2.07. The molecule has 2 atom stereocenters. The minimum Gasteiger partial charge on any atom is -0.388 e. The van der Waals surface area contributed by atoms with Crippen LogP contribution in [0.15, 0.2) is 18.2 Å². The van der Waals surface area contributed by atoms with Gasteiger partial charge in [0.1, 0.15) is 0 Å². The molecule has 1 aliphatic heterocycles. The summed E-state index contributed by atoms with van der Waals surface area (Å²) in [6.07, 6.45) is 4.02. The molecule has 2 N–H and O–H groups in total. The van der Waals surface area contributed by atoms with Crippen molar-refractivity contribution in [3.8, 4) is 0 Å². The molecule has 0 saturated heterocycles. The standard InChI is InChI=1S/C15H23NO/c1-3-5-11(2)10-14(17)13-7-4-6-12-8-9-16-15(12)13/h4,6-7,11,14,16-17H,3,5,8-10H2,1-2H3. The molecule has 0 aromatic heterocycles. The highest BCUT2D eigenvalue weighted by Crippen LogP contribution is 2.33. The van der Waals surface area contributed by atoms with Crippen molar-refractivity contribution in [2.45, 2.75) is 45.6 Å². The highest BCUT2D eigenvalue weighted by Gasteiger charge is 2.20. The van der Waals surface area contributed by atoms with Gasteiger partial charge in [-0.2, -0.15) is 0 Å². The van der Waals surface area contributed by atoms with Gasteiger partial charge in [0.2, 0.25) is 0 Å². The smallest absolute Gasteiger partial charge is 0.0812 e. The van der Waals surface area contributed by atoms with Crippen LogP contribution in [0.5, 0.6) is 0 Å². The number of hydrogen-bond acceptors (Lipinski definition) is 2. The van der Waals surface area contributed by atoms with E-state index in [2.05, 4.69) is 37.4 Å². The van der Waals surface area contributed by atoms with Gasteiger partial charge in [0.05, 0.1) is 6.10 Å². The van der Waals surface area contributed by atoms with Crippen molar-refractivity contribution in [1.82, 2.24) is 0 Å². The van der Waals surface area contributed by atoms with Crippen LogP contribution in [-0.4, -0.2) is 11.7 Å². The Morgan fingerprint density at radius 1 is 1.41 bits per heavy atom. The first-order valence-electron chi connectivity index (χ1n) is 6.76. The summed E-state index contributed by atoms with van der Waals surface area (Å²) in [5.74, 6) is 0.590. The molecule has 2 rings (SSSR count). The minimum absolute atomic E-state index is 0.322. The molecule has 2 heteroatoms. The summed E-state index contributed by atoms with van der Waals surface area (Å²) < 4.78 is 0. The molecule has 1 heterocycles. The summed E-state index contributed by atoms with van der Waals surface area (Å²) in [4.78, 5) is 0. The van der Waals surface area contributed by atoms with Crippen molar-refractivity contribution >= 4 is 5.69 Å². The first-order chi connectivity index (χ1) is 8.22. The molecule has 1 aliphatic rings. The van der Waals surface area contributed by atoms with Gasteiger partial charge in [-0.15, -0.1) is 0 Å². The maximum Gasteiger partial charge on any atom is 0.0812 e. The highest BCUT2D eigenvalue weighted by atomic mass is 16.3. The molecule has 0 amide bonds. The lowest BCUT2D eigenvalue weighted by Gasteiger charge is -2.18. The van der Waals surface area contributed by atoms with Gasteiger partial charge in [0.15, 0.2) is 0 Å². The van der Waals surface area contributed by atoms with Gasteiger partial charge >= 0.3 is 0 Å². The summed E-state index contributed by atoms with van der Waals surface area (Å²) in [5.41, 5.74) is 3.62. The summed E-state index contributed by atoms with van der Waals surface area (Å²) in [6, 6.07) is 6.27.